The van der Waals surface area contributed by atoms with Crippen LogP contribution in [0, 0.1) is 13.8 Å². The van der Waals surface area contributed by atoms with E-state index in [1.54, 1.807) is 10.5 Å². The molecule has 0 atom stereocenters. The lowest BCUT2D eigenvalue weighted by Gasteiger charge is -2.11. The summed E-state index contributed by atoms with van der Waals surface area (Å²) in [5.74, 6) is 0.339. The monoisotopic (exact) mass is 394 g/mol. The van der Waals surface area contributed by atoms with E-state index in [1.165, 1.54) is 0 Å². The summed E-state index contributed by atoms with van der Waals surface area (Å²) in [4.78, 5) is 29.3. The van der Waals surface area contributed by atoms with Crippen LogP contribution < -0.4 is 15.4 Å². The molecule has 2 amide bonds. The van der Waals surface area contributed by atoms with Gasteiger partial charge >= 0.3 is 0 Å². The number of hydrogen-bond donors (Lipinski definition) is 2. The van der Waals surface area contributed by atoms with Gasteiger partial charge in [0.05, 0.1) is 18.0 Å². The molecule has 0 aliphatic carbocycles. The Kier molecular flexibility index (Phi) is 6.49. The second kappa shape index (κ2) is 9.23. The smallest absolute Gasteiger partial charge is 0.270 e. The Balaban J connectivity index is 1.52. The molecular weight excluding hydrogens is 368 g/mol. The molecule has 0 bridgehead atoms. The van der Waals surface area contributed by atoms with Crippen molar-refractivity contribution in [3.63, 3.8) is 0 Å². The molecule has 3 aromatic rings. The van der Waals surface area contributed by atoms with Crippen molar-refractivity contribution in [3.8, 4) is 5.75 Å². The highest BCUT2D eigenvalue weighted by Gasteiger charge is 2.17. The molecule has 0 aliphatic rings. The second-order valence-electron chi connectivity index (χ2n) is 6.77. The van der Waals surface area contributed by atoms with Crippen LogP contribution in [0.3, 0.4) is 0 Å². The molecule has 7 nitrogen and oxygen atoms in total. The van der Waals surface area contributed by atoms with Crippen molar-refractivity contribution in [2.45, 2.75) is 33.6 Å². The summed E-state index contributed by atoms with van der Waals surface area (Å²) in [5.41, 5.74) is 3.65. The summed E-state index contributed by atoms with van der Waals surface area (Å²) in [5, 5.41) is 5.74. The zero-order valence-corrected chi connectivity index (χ0v) is 17.0. The number of nitrogens with zero attached hydrogens (tertiary/aromatic N) is 2. The molecule has 0 spiro atoms. The number of pyridine rings is 1. The number of rotatable bonds is 8. The lowest BCUT2D eigenvalue weighted by atomic mass is 10.2. The fourth-order valence-corrected chi connectivity index (χ4v) is 3.19. The van der Waals surface area contributed by atoms with E-state index in [9.17, 15) is 9.59 Å². The quantitative estimate of drug-likeness (QED) is 0.573. The van der Waals surface area contributed by atoms with Crippen LogP contribution in [-0.2, 0) is 4.79 Å². The van der Waals surface area contributed by atoms with Gasteiger partial charge in [-0.15, -0.1) is 0 Å². The van der Waals surface area contributed by atoms with Gasteiger partial charge in [0, 0.05) is 19.2 Å². The summed E-state index contributed by atoms with van der Waals surface area (Å²) in [7, 11) is 0. The Hall–Kier alpha value is -3.35. The molecule has 152 valence electrons. The zero-order chi connectivity index (χ0) is 20.8. The minimum absolute atomic E-state index is 0.118. The molecule has 1 aromatic carbocycles. The van der Waals surface area contributed by atoms with Gasteiger partial charge in [0.2, 0.25) is 5.91 Å². The summed E-state index contributed by atoms with van der Waals surface area (Å²) < 4.78 is 7.31. The fourth-order valence-electron chi connectivity index (χ4n) is 3.19. The van der Waals surface area contributed by atoms with Crippen molar-refractivity contribution in [3.05, 3.63) is 59.5 Å². The lowest BCUT2D eigenvalue weighted by molar-refractivity contribution is -0.116. The van der Waals surface area contributed by atoms with E-state index in [0.717, 1.165) is 11.2 Å². The largest absolute Gasteiger partial charge is 0.492 e. The highest BCUT2D eigenvalue weighted by Crippen LogP contribution is 2.23. The molecule has 7 heteroatoms. The van der Waals surface area contributed by atoms with Gasteiger partial charge < -0.3 is 15.4 Å². The topological polar surface area (TPSA) is 84.7 Å². The fraction of sp³-hybridized carbons (Fsp3) is 0.318. The number of aromatic nitrogens is 2. The number of carbonyl (C=O) groups excluding carboxylic acids is 2. The Morgan fingerprint density at radius 1 is 1.14 bits per heavy atom. The number of carbonyl (C=O) groups is 2. The maximum absolute atomic E-state index is 12.6. The molecule has 0 unspecified atom stereocenters. The maximum atomic E-state index is 12.6. The standard InChI is InChI=1S/C22H26N4O3/c1-4-29-18-11-6-5-10-17(18)25-19(27)12-7-13-23-22(28)20-16(3)24-21-15(2)9-8-14-26(20)21/h5-6,8-11,14H,4,7,12-13H2,1-3H3,(H,23,28)(H,25,27). The second-order valence-corrected chi connectivity index (χ2v) is 6.77. The van der Waals surface area contributed by atoms with E-state index in [2.05, 4.69) is 15.6 Å². The number of amides is 2. The van der Waals surface area contributed by atoms with E-state index >= 15 is 0 Å². The van der Waals surface area contributed by atoms with Crippen LogP contribution in [0.15, 0.2) is 42.6 Å². The van der Waals surface area contributed by atoms with Crippen LogP contribution in [0.25, 0.3) is 5.65 Å². The first kappa shape index (κ1) is 20.4. The third-order valence-corrected chi connectivity index (χ3v) is 4.56. The molecule has 0 radical (unpaired) electrons. The lowest BCUT2D eigenvalue weighted by Crippen LogP contribution is -2.27. The summed E-state index contributed by atoms with van der Waals surface area (Å²) >= 11 is 0. The average molecular weight is 394 g/mol. The normalized spacial score (nSPS) is 10.7. The number of hydrogen-bond acceptors (Lipinski definition) is 4. The number of anilines is 1. The summed E-state index contributed by atoms with van der Waals surface area (Å²) in [6, 6.07) is 11.2. The first-order valence-electron chi connectivity index (χ1n) is 9.75. The minimum atomic E-state index is -0.192. The first-order valence-corrected chi connectivity index (χ1v) is 9.75. The number of aryl methyl sites for hydroxylation is 2. The Labute approximate surface area is 170 Å². The number of imidazole rings is 1. The Bertz CT molecular complexity index is 1030. The van der Waals surface area contributed by atoms with Crippen LogP contribution in [0.1, 0.15) is 41.5 Å². The van der Waals surface area contributed by atoms with Crippen molar-refractivity contribution in [1.29, 1.82) is 0 Å². The average Bonchev–Trinajstić information content (AvgIpc) is 3.04. The highest BCUT2D eigenvalue weighted by molar-refractivity contribution is 5.95. The summed E-state index contributed by atoms with van der Waals surface area (Å²) in [6.45, 7) is 6.61. The predicted molar refractivity (Wildman–Crippen MR) is 112 cm³/mol. The number of ether oxygens (including phenoxy) is 1. The van der Waals surface area contributed by atoms with Crippen LogP contribution >= 0.6 is 0 Å². The van der Waals surface area contributed by atoms with E-state index in [4.69, 9.17) is 4.74 Å². The Morgan fingerprint density at radius 2 is 1.93 bits per heavy atom. The van der Waals surface area contributed by atoms with Gasteiger partial charge in [0.15, 0.2) is 0 Å². The van der Waals surface area contributed by atoms with Gasteiger partial charge in [-0.3, -0.25) is 14.0 Å². The van der Waals surface area contributed by atoms with Crippen molar-refractivity contribution >= 4 is 23.1 Å². The van der Waals surface area contributed by atoms with Gasteiger partial charge in [-0.2, -0.15) is 0 Å². The van der Waals surface area contributed by atoms with Crippen molar-refractivity contribution in [2.75, 3.05) is 18.5 Å². The van der Waals surface area contributed by atoms with Crippen LogP contribution in [0.4, 0.5) is 5.69 Å². The number of para-hydroxylation sites is 2. The van der Waals surface area contributed by atoms with E-state index in [0.29, 0.717) is 48.8 Å². The van der Waals surface area contributed by atoms with Crippen LogP contribution in [0.2, 0.25) is 0 Å². The molecule has 2 N–H and O–H groups in total. The van der Waals surface area contributed by atoms with E-state index < -0.39 is 0 Å². The highest BCUT2D eigenvalue weighted by atomic mass is 16.5. The SMILES string of the molecule is CCOc1ccccc1NC(=O)CCCNC(=O)c1c(C)nc2c(C)cccn12. The first-order chi connectivity index (χ1) is 14.0. The van der Waals surface area contributed by atoms with Crippen molar-refractivity contribution < 1.29 is 14.3 Å². The van der Waals surface area contributed by atoms with Gasteiger partial charge in [-0.05, 0) is 51.0 Å². The van der Waals surface area contributed by atoms with Crippen molar-refractivity contribution in [2.24, 2.45) is 0 Å². The van der Waals surface area contributed by atoms with E-state index in [1.807, 2.05) is 57.3 Å². The predicted octanol–water partition coefficient (Wildman–Crippen LogP) is 3.50. The number of fused-ring (bicyclic) bond motifs is 1. The minimum Gasteiger partial charge on any atom is -0.492 e. The molecular formula is C22H26N4O3. The van der Waals surface area contributed by atoms with Crippen molar-refractivity contribution in [1.82, 2.24) is 14.7 Å². The number of nitrogens with one attached hydrogen (secondary N) is 2. The molecule has 0 aliphatic heterocycles. The van der Waals surface area contributed by atoms with E-state index in [-0.39, 0.29) is 11.8 Å². The Morgan fingerprint density at radius 3 is 2.72 bits per heavy atom. The summed E-state index contributed by atoms with van der Waals surface area (Å²) in [6.07, 6.45) is 2.66. The third kappa shape index (κ3) is 4.74. The maximum Gasteiger partial charge on any atom is 0.270 e. The van der Waals surface area contributed by atoms with Gasteiger partial charge in [-0.1, -0.05) is 18.2 Å². The molecule has 0 fully saturated rings. The molecule has 3 rings (SSSR count). The molecule has 29 heavy (non-hydrogen) atoms. The number of benzene rings is 1. The molecule has 2 heterocycles. The molecule has 0 saturated carbocycles. The zero-order valence-electron chi connectivity index (χ0n) is 17.0. The van der Waals surface area contributed by atoms with Gasteiger partial charge in [0.25, 0.3) is 5.91 Å². The van der Waals surface area contributed by atoms with Gasteiger partial charge in [-0.25, -0.2) is 4.98 Å². The van der Waals surface area contributed by atoms with Crippen LogP contribution in [0.5, 0.6) is 5.75 Å². The van der Waals surface area contributed by atoms with Crippen LogP contribution in [-0.4, -0.2) is 34.4 Å². The molecule has 0 saturated heterocycles. The van der Waals surface area contributed by atoms with Gasteiger partial charge in [0.1, 0.15) is 17.1 Å². The third-order valence-electron chi connectivity index (χ3n) is 4.56. The molecule has 2 aromatic heterocycles.